The maximum atomic E-state index is 5.48. The molecule has 0 aliphatic carbocycles. The molecule has 23 heavy (non-hydrogen) atoms. The number of hydrogen-bond donors (Lipinski definition) is 1. The number of fused-ring (bicyclic) bond motifs is 1. The standard InChI is InChI=1S/C18H20N4O/c1-23-17-4-2-3-15-14(17)5-9-19-18(15)22-11-7-13(8-12-22)16-6-10-20-21-16/h2-6,9-10,13H,7-8,11-12H2,1H3,(H,20,21). The molecule has 1 aliphatic heterocycles. The van der Waals surface area contributed by atoms with Crippen molar-refractivity contribution in [3.05, 3.63) is 48.4 Å². The van der Waals surface area contributed by atoms with E-state index in [9.17, 15) is 0 Å². The third-order valence-electron chi connectivity index (χ3n) is 4.72. The van der Waals surface area contributed by atoms with Gasteiger partial charge in [-0.15, -0.1) is 0 Å². The van der Waals surface area contributed by atoms with Crippen LogP contribution in [0.1, 0.15) is 24.5 Å². The van der Waals surface area contributed by atoms with Crippen LogP contribution in [-0.4, -0.2) is 35.4 Å². The van der Waals surface area contributed by atoms with Gasteiger partial charge in [-0.2, -0.15) is 5.10 Å². The number of aromatic nitrogens is 3. The van der Waals surface area contributed by atoms with Crippen molar-refractivity contribution in [2.75, 3.05) is 25.1 Å². The second-order valence-electron chi connectivity index (χ2n) is 5.96. The molecule has 1 saturated heterocycles. The van der Waals surface area contributed by atoms with Gasteiger partial charge in [0.05, 0.1) is 7.11 Å². The first-order chi connectivity index (χ1) is 11.4. The van der Waals surface area contributed by atoms with Gasteiger partial charge in [-0.3, -0.25) is 5.10 Å². The molecule has 118 valence electrons. The Morgan fingerprint density at radius 3 is 2.70 bits per heavy atom. The third kappa shape index (κ3) is 2.52. The van der Waals surface area contributed by atoms with E-state index in [0.717, 1.165) is 48.3 Å². The van der Waals surface area contributed by atoms with Crippen LogP contribution in [0.3, 0.4) is 0 Å². The summed E-state index contributed by atoms with van der Waals surface area (Å²) in [4.78, 5) is 7.03. The first-order valence-corrected chi connectivity index (χ1v) is 8.03. The Hall–Kier alpha value is -2.56. The zero-order valence-electron chi connectivity index (χ0n) is 13.2. The molecule has 1 N–H and O–H groups in total. The van der Waals surface area contributed by atoms with E-state index in [-0.39, 0.29) is 0 Å². The van der Waals surface area contributed by atoms with Crippen LogP contribution in [0.5, 0.6) is 5.75 Å². The number of piperidine rings is 1. The molecule has 0 bridgehead atoms. The van der Waals surface area contributed by atoms with E-state index < -0.39 is 0 Å². The average molecular weight is 308 g/mol. The maximum absolute atomic E-state index is 5.48. The van der Waals surface area contributed by atoms with E-state index >= 15 is 0 Å². The fourth-order valence-electron chi connectivity index (χ4n) is 3.49. The Morgan fingerprint density at radius 1 is 1.09 bits per heavy atom. The number of aromatic amines is 1. The first-order valence-electron chi connectivity index (χ1n) is 8.03. The van der Waals surface area contributed by atoms with Crippen LogP contribution < -0.4 is 9.64 Å². The summed E-state index contributed by atoms with van der Waals surface area (Å²) < 4.78 is 5.48. The number of rotatable bonds is 3. The van der Waals surface area contributed by atoms with Crippen molar-refractivity contribution in [2.24, 2.45) is 0 Å². The summed E-state index contributed by atoms with van der Waals surface area (Å²) in [7, 11) is 1.71. The highest BCUT2D eigenvalue weighted by molar-refractivity contribution is 5.96. The van der Waals surface area contributed by atoms with Gasteiger partial charge in [0.2, 0.25) is 0 Å². The van der Waals surface area contributed by atoms with Gasteiger partial charge in [0, 0.05) is 47.9 Å². The van der Waals surface area contributed by atoms with Gasteiger partial charge < -0.3 is 9.64 Å². The molecule has 1 aromatic carbocycles. The number of nitrogens with zero attached hydrogens (tertiary/aromatic N) is 3. The van der Waals surface area contributed by atoms with Crippen molar-refractivity contribution >= 4 is 16.6 Å². The van der Waals surface area contributed by atoms with E-state index in [4.69, 9.17) is 4.74 Å². The Balaban J connectivity index is 1.61. The molecule has 0 unspecified atom stereocenters. The van der Waals surface area contributed by atoms with Gasteiger partial charge in [-0.25, -0.2) is 4.98 Å². The lowest BCUT2D eigenvalue weighted by atomic mass is 9.93. The van der Waals surface area contributed by atoms with Crippen LogP contribution in [0.4, 0.5) is 5.82 Å². The van der Waals surface area contributed by atoms with Crippen LogP contribution >= 0.6 is 0 Å². The highest BCUT2D eigenvalue weighted by Gasteiger charge is 2.23. The molecule has 3 aromatic rings. The highest BCUT2D eigenvalue weighted by Crippen LogP contribution is 2.34. The molecule has 2 aromatic heterocycles. The minimum absolute atomic E-state index is 0.568. The maximum Gasteiger partial charge on any atom is 0.136 e. The molecule has 3 heterocycles. The zero-order chi connectivity index (χ0) is 15.6. The smallest absolute Gasteiger partial charge is 0.136 e. The van der Waals surface area contributed by atoms with E-state index in [2.05, 4.69) is 32.2 Å². The van der Waals surface area contributed by atoms with E-state index in [1.54, 1.807) is 7.11 Å². The van der Waals surface area contributed by atoms with E-state index in [1.165, 1.54) is 5.69 Å². The lowest BCUT2D eigenvalue weighted by molar-refractivity contribution is 0.420. The van der Waals surface area contributed by atoms with Crippen molar-refractivity contribution < 1.29 is 4.74 Å². The quantitative estimate of drug-likeness (QED) is 0.806. The molecule has 1 fully saturated rings. The molecule has 0 atom stereocenters. The predicted octanol–water partition coefficient (Wildman–Crippen LogP) is 3.35. The van der Waals surface area contributed by atoms with Crippen molar-refractivity contribution in [2.45, 2.75) is 18.8 Å². The van der Waals surface area contributed by atoms with Crippen LogP contribution in [0.25, 0.3) is 10.8 Å². The largest absolute Gasteiger partial charge is 0.496 e. The van der Waals surface area contributed by atoms with Crippen LogP contribution in [0.2, 0.25) is 0 Å². The summed E-state index contributed by atoms with van der Waals surface area (Å²) in [5, 5.41) is 9.46. The van der Waals surface area contributed by atoms with E-state index in [0.29, 0.717) is 5.92 Å². The normalized spacial score (nSPS) is 16.0. The average Bonchev–Trinajstić information content (AvgIpc) is 3.15. The second kappa shape index (κ2) is 5.91. The van der Waals surface area contributed by atoms with Gasteiger partial charge in [0.1, 0.15) is 11.6 Å². The molecule has 0 radical (unpaired) electrons. The van der Waals surface area contributed by atoms with Gasteiger partial charge in [0.15, 0.2) is 0 Å². The Bertz CT molecular complexity index is 792. The molecule has 0 saturated carbocycles. The molecular weight excluding hydrogens is 288 g/mol. The summed E-state index contributed by atoms with van der Waals surface area (Å²) in [5.74, 6) is 2.53. The molecule has 0 spiro atoms. The molecule has 5 nitrogen and oxygen atoms in total. The molecule has 4 rings (SSSR count). The minimum atomic E-state index is 0.568. The number of pyridine rings is 1. The monoisotopic (exact) mass is 308 g/mol. The summed E-state index contributed by atoms with van der Waals surface area (Å²) in [5.41, 5.74) is 1.25. The minimum Gasteiger partial charge on any atom is -0.496 e. The number of ether oxygens (including phenoxy) is 1. The van der Waals surface area contributed by atoms with Gasteiger partial charge in [-0.05, 0) is 31.0 Å². The predicted molar refractivity (Wildman–Crippen MR) is 91.1 cm³/mol. The number of anilines is 1. The molecule has 1 aliphatic rings. The zero-order valence-corrected chi connectivity index (χ0v) is 13.2. The first kappa shape index (κ1) is 14.1. The topological polar surface area (TPSA) is 54.0 Å². The van der Waals surface area contributed by atoms with Crippen molar-refractivity contribution in [1.82, 2.24) is 15.2 Å². The number of H-pyrrole nitrogens is 1. The van der Waals surface area contributed by atoms with Gasteiger partial charge in [-0.1, -0.05) is 12.1 Å². The summed E-state index contributed by atoms with van der Waals surface area (Å²) in [6.07, 6.45) is 5.94. The van der Waals surface area contributed by atoms with Gasteiger partial charge >= 0.3 is 0 Å². The fraction of sp³-hybridized carbons (Fsp3) is 0.333. The van der Waals surface area contributed by atoms with Crippen LogP contribution in [0.15, 0.2) is 42.7 Å². The highest BCUT2D eigenvalue weighted by atomic mass is 16.5. The van der Waals surface area contributed by atoms with Crippen LogP contribution in [0, 0.1) is 0 Å². The fourth-order valence-corrected chi connectivity index (χ4v) is 3.49. The number of hydrogen-bond acceptors (Lipinski definition) is 4. The molecule has 5 heteroatoms. The summed E-state index contributed by atoms with van der Waals surface area (Å²) in [6, 6.07) is 10.3. The van der Waals surface area contributed by atoms with E-state index in [1.807, 2.05) is 30.6 Å². The third-order valence-corrected chi connectivity index (χ3v) is 4.72. The summed E-state index contributed by atoms with van der Waals surface area (Å²) >= 11 is 0. The SMILES string of the molecule is COc1cccc2c(N3CCC(c4ccn[nH]4)CC3)nccc12. The molecule has 0 amide bonds. The molecular formula is C18H20N4O. The Morgan fingerprint density at radius 2 is 1.96 bits per heavy atom. The lowest BCUT2D eigenvalue weighted by Gasteiger charge is -2.33. The van der Waals surface area contributed by atoms with Crippen molar-refractivity contribution in [3.8, 4) is 5.75 Å². The number of benzene rings is 1. The van der Waals surface area contributed by atoms with Crippen molar-refractivity contribution in [3.63, 3.8) is 0 Å². The summed E-state index contributed by atoms with van der Waals surface area (Å²) in [6.45, 7) is 2.01. The lowest BCUT2D eigenvalue weighted by Crippen LogP contribution is -2.33. The second-order valence-corrected chi connectivity index (χ2v) is 5.96. The van der Waals surface area contributed by atoms with Crippen LogP contribution in [-0.2, 0) is 0 Å². The van der Waals surface area contributed by atoms with Gasteiger partial charge in [0.25, 0.3) is 0 Å². The number of nitrogens with one attached hydrogen (secondary N) is 1. The Labute approximate surface area is 135 Å². The van der Waals surface area contributed by atoms with Crippen molar-refractivity contribution in [1.29, 1.82) is 0 Å². The number of methoxy groups -OCH3 is 1. The Kier molecular flexibility index (Phi) is 3.61.